The summed E-state index contributed by atoms with van der Waals surface area (Å²) in [6, 6.07) is 14.5. The lowest BCUT2D eigenvalue weighted by Gasteiger charge is -2.32. The van der Waals surface area contributed by atoms with E-state index in [0.29, 0.717) is 37.3 Å². The van der Waals surface area contributed by atoms with Crippen LogP contribution in [0.2, 0.25) is 0 Å². The largest absolute Gasteiger partial charge is 0.338 e. The molecule has 0 bridgehead atoms. The summed E-state index contributed by atoms with van der Waals surface area (Å²) >= 11 is 0. The van der Waals surface area contributed by atoms with Gasteiger partial charge in [-0.3, -0.25) is 13.9 Å². The van der Waals surface area contributed by atoms with Crippen molar-refractivity contribution in [1.29, 1.82) is 0 Å². The zero-order valence-corrected chi connectivity index (χ0v) is 17.7. The zero-order valence-electron chi connectivity index (χ0n) is 16.9. The second-order valence-electron chi connectivity index (χ2n) is 7.87. The lowest BCUT2D eigenvalue weighted by Crippen LogP contribution is -2.43. The highest BCUT2D eigenvalue weighted by Crippen LogP contribution is 2.31. The summed E-state index contributed by atoms with van der Waals surface area (Å²) in [5, 5.41) is 2.92. The lowest BCUT2D eigenvalue weighted by atomic mass is 9.96. The molecule has 0 unspecified atom stereocenters. The van der Waals surface area contributed by atoms with Crippen LogP contribution in [-0.2, 0) is 21.2 Å². The second-order valence-corrected chi connectivity index (χ2v) is 9.78. The lowest BCUT2D eigenvalue weighted by molar-refractivity contribution is -0.121. The number of benzene rings is 2. The third-order valence-corrected chi connectivity index (χ3v) is 6.88. The molecule has 0 saturated carbocycles. The molecule has 0 radical (unpaired) electrons. The van der Waals surface area contributed by atoms with E-state index >= 15 is 0 Å². The highest BCUT2D eigenvalue weighted by Gasteiger charge is 2.31. The van der Waals surface area contributed by atoms with Gasteiger partial charge in [0, 0.05) is 30.9 Å². The van der Waals surface area contributed by atoms with Gasteiger partial charge in [0.1, 0.15) is 0 Å². The number of hydrogen-bond acceptors (Lipinski definition) is 4. The first-order chi connectivity index (χ1) is 14.3. The van der Waals surface area contributed by atoms with Crippen LogP contribution < -0.4 is 9.62 Å². The molecule has 2 aliphatic heterocycles. The first kappa shape index (κ1) is 20.4. The fourth-order valence-corrected chi connectivity index (χ4v) is 5.13. The van der Waals surface area contributed by atoms with E-state index in [0.717, 1.165) is 24.1 Å². The van der Waals surface area contributed by atoms with E-state index in [-0.39, 0.29) is 17.7 Å². The van der Waals surface area contributed by atoms with E-state index < -0.39 is 10.0 Å². The summed E-state index contributed by atoms with van der Waals surface area (Å²) in [4.78, 5) is 27.4. The number of rotatable bonds is 4. The Morgan fingerprint density at radius 1 is 1.07 bits per heavy atom. The summed E-state index contributed by atoms with van der Waals surface area (Å²) in [6.07, 6.45) is 3.29. The molecule has 0 aliphatic carbocycles. The van der Waals surface area contributed by atoms with Gasteiger partial charge >= 0.3 is 0 Å². The van der Waals surface area contributed by atoms with Crippen LogP contribution in [0.15, 0.2) is 48.5 Å². The summed E-state index contributed by atoms with van der Waals surface area (Å²) < 4.78 is 25.2. The van der Waals surface area contributed by atoms with E-state index in [2.05, 4.69) is 5.32 Å². The molecule has 7 nitrogen and oxygen atoms in total. The Balaban J connectivity index is 1.45. The maximum Gasteiger partial charge on any atom is 0.253 e. The summed E-state index contributed by atoms with van der Waals surface area (Å²) in [5.41, 5.74) is 2.79. The third-order valence-electron chi connectivity index (χ3n) is 5.70. The molecule has 2 aromatic rings. The average Bonchev–Trinajstić information content (AvgIpc) is 3.18. The van der Waals surface area contributed by atoms with Crippen LogP contribution in [0.5, 0.6) is 0 Å². The minimum Gasteiger partial charge on any atom is -0.338 e. The van der Waals surface area contributed by atoms with E-state index in [9.17, 15) is 18.0 Å². The molecule has 2 aliphatic rings. The number of anilines is 2. The fourth-order valence-electron chi connectivity index (χ4n) is 4.17. The number of carbonyl (C=O) groups excluding carboxylic acids is 2. The number of sulfonamides is 1. The normalized spacial score (nSPS) is 18.8. The van der Waals surface area contributed by atoms with E-state index in [1.165, 1.54) is 10.6 Å². The van der Waals surface area contributed by atoms with Crippen molar-refractivity contribution in [1.82, 2.24) is 4.90 Å². The first-order valence-corrected chi connectivity index (χ1v) is 11.9. The predicted molar refractivity (Wildman–Crippen MR) is 116 cm³/mol. The van der Waals surface area contributed by atoms with Crippen molar-refractivity contribution in [3.05, 3.63) is 59.7 Å². The number of para-hydroxylation sites is 1. The van der Waals surface area contributed by atoms with Crippen LogP contribution in [0.25, 0.3) is 0 Å². The number of fused-ring (bicyclic) bond motifs is 1. The standard InChI is InChI=1S/C22H25N3O4S/c1-30(28,29)25-13-11-16-14-17(9-10-20(16)25)22(27)24-12-5-6-18(15-24)21(26)23-19-7-3-2-4-8-19/h2-4,7-10,14,18H,5-6,11-13,15H2,1H3,(H,23,26)/t18-/m0/s1. The van der Waals surface area contributed by atoms with Crippen LogP contribution in [0.3, 0.4) is 0 Å². The number of carbonyl (C=O) groups is 2. The Labute approximate surface area is 176 Å². The van der Waals surface area contributed by atoms with E-state index in [1.54, 1.807) is 23.1 Å². The second kappa shape index (κ2) is 8.10. The molecule has 1 saturated heterocycles. The third kappa shape index (κ3) is 4.18. The highest BCUT2D eigenvalue weighted by molar-refractivity contribution is 7.92. The summed E-state index contributed by atoms with van der Waals surface area (Å²) in [5.74, 6) is -0.442. The van der Waals surface area contributed by atoms with Crippen molar-refractivity contribution >= 4 is 33.2 Å². The molecule has 0 aromatic heterocycles. The Hall–Kier alpha value is -2.87. The molecule has 1 atom stereocenters. The van der Waals surface area contributed by atoms with Gasteiger partial charge in [0.2, 0.25) is 15.9 Å². The van der Waals surface area contributed by atoms with Gasteiger partial charge < -0.3 is 10.2 Å². The predicted octanol–water partition coefficient (Wildman–Crippen LogP) is 2.50. The number of piperidine rings is 1. The number of nitrogens with zero attached hydrogens (tertiary/aromatic N) is 2. The first-order valence-electron chi connectivity index (χ1n) is 10.1. The van der Waals surface area contributed by atoms with Gasteiger partial charge in [0.15, 0.2) is 0 Å². The number of likely N-dealkylation sites (tertiary alicyclic amines) is 1. The number of amides is 2. The molecule has 30 heavy (non-hydrogen) atoms. The molecular formula is C22H25N3O4S. The average molecular weight is 428 g/mol. The Morgan fingerprint density at radius 2 is 1.83 bits per heavy atom. The molecule has 2 heterocycles. The van der Waals surface area contributed by atoms with Crippen LogP contribution in [-0.4, -0.2) is 51.0 Å². The van der Waals surface area contributed by atoms with Crippen molar-refractivity contribution in [3.8, 4) is 0 Å². The maximum absolute atomic E-state index is 13.1. The molecule has 4 rings (SSSR count). The number of nitrogens with one attached hydrogen (secondary N) is 1. The zero-order chi connectivity index (χ0) is 21.3. The van der Waals surface area contributed by atoms with Gasteiger partial charge in [-0.25, -0.2) is 8.42 Å². The minimum absolute atomic E-state index is 0.0727. The fraction of sp³-hybridized carbons (Fsp3) is 0.364. The van der Waals surface area contributed by atoms with Gasteiger partial charge in [-0.2, -0.15) is 0 Å². The molecule has 0 spiro atoms. The van der Waals surface area contributed by atoms with Gasteiger partial charge in [-0.1, -0.05) is 18.2 Å². The quantitative estimate of drug-likeness (QED) is 0.812. The molecule has 8 heteroatoms. The van der Waals surface area contributed by atoms with E-state index in [4.69, 9.17) is 0 Å². The molecule has 2 amide bonds. The Bertz CT molecular complexity index is 1070. The van der Waals surface area contributed by atoms with Crippen molar-refractivity contribution in [2.75, 3.05) is 35.5 Å². The smallest absolute Gasteiger partial charge is 0.253 e. The molecule has 2 aromatic carbocycles. The SMILES string of the molecule is CS(=O)(=O)N1CCc2cc(C(=O)N3CCC[C@H](C(=O)Nc4ccccc4)C3)ccc21. The van der Waals surface area contributed by atoms with Gasteiger partial charge in [0.05, 0.1) is 17.9 Å². The van der Waals surface area contributed by atoms with Gasteiger partial charge in [0.25, 0.3) is 5.91 Å². The number of hydrogen-bond donors (Lipinski definition) is 1. The summed E-state index contributed by atoms with van der Waals surface area (Å²) in [7, 11) is -3.32. The molecule has 1 fully saturated rings. The molecule has 158 valence electrons. The Kier molecular flexibility index (Phi) is 5.51. The van der Waals surface area contributed by atoms with Gasteiger partial charge in [-0.15, -0.1) is 0 Å². The van der Waals surface area contributed by atoms with Crippen molar-refractivity contribution in [3.63, 3.8) is 0 Å². The van der Waals surface area contributed by atoms with Crippen LogP contribution in [0.1, 0.15) is 28.8 Å². The van der Waals surface area contributed by atoms with Crippen molar-refractivity contribution in [2.45, 2.75) is 19.3 Å². The minimum atomic E-state index is -3.32. The van der Waals surface area contributed by atoms with Crippen LogP contribution in [0.4, 0.5) is 11.4 Å². The topological polar surface area (TPSA) is 86.8 Å². The Morgan fingerprint density at radius 3 is 2.57 bits per heavy atom. The summed E-state index contributed by atoms with van der Waals surface area (Å²) in [6.45, 7) is 1.39. The van der Waals surface area contributed by atoms with Crippen LogP contribution in [0, 0.1) is 5.92 Å². The van der Waals surface area contributed by atoms with Crippen LogP contribution >= 0.6 is 0 Å². The van der Waals surface area contributed by atoms with Gasteiger partial charge in [-0.05, 0) is 55.2 Å². The van der Waals surface area contributed by atoms with Crippen molar-refractivity contribution < 1.29 is 18.0 Å². The monoisotopic (exact) mass is 427 g/mol. The molecule has 1 N–H and O–H groups in total. The molecular weight excluding hydrogens is 402 g/mol. The maximum atomic E-state index is 13.1. The van der Waals surface area contributed by atoms with E-state index in [1.807, 2.05) is 30.3 Å². The highest BCUT2D eigenvalue weighted by atomic mass is 32.2. The van der Waals surface area contributed by atoms with Crippen molar-refractivity contribution in [2.24, 2.45) is 5.92 Å².